The Labute approximate surface area is 214 Å². The number of aryl methyl sites for hydroxylation is 1. The van der Waals surface area contributed by atoms with Gasteiger partial charge in [-0.3, -0.25) is 0 Å². The molecular formula is C29H28N6O2. The van der Waals surface area contributed by atoms with Gasteiger partial charge in [-0.15, -0.1) is 0 Å². The number of aromatic nitrogens is 4. The Morgan fingerprint density at radius 2 is 1.76 bits per heavy atom. The molecule has 0 amide bonds. The smallest absolute Gasteiger partial charge is 0.162 e. The highest BCUT2D eigenvalue weighted by Gasteiger charge is 2.41. The fourth-order valence-electron chi connectivity index (χ4n) is 5.56. The molecule has 3 aromatic heterocycles. The van der Waals surface area contributed by atoms with Gasteiger partial charge in [0.1, 0.15) is 34.3 Å². The quantitative estimate of drug-likeness (QED) is 0.359. The Morgan fingerprint density at radius 3 is 2.57 bits per heavy atom. The van der Waals surface area contributed by atoms with Crippen molar-refractivity contribution in [3.63, 3.8) is 0 Å². The summed E-state index contributed by atoms with van der Waals surface area (Å²) in [6.07, 6.45) is 8.74. The molecule has 5 aromatic rings. The fourth-order valence-corrected chi connectivity index (χ4v) is 5.56. The molecule has 3 aliphatic rings. The van der Waals surface area contributed by atoms with Crippen molar-refractivity contribution in [1.29, 1.82) is 0 Å². The van der Waals surface area contributed by atoms with Crippen LogP contribution in [-0.4, -0.2) is 49.5 Å². The van der Waals surface area contributed by atoms with Gasteiger partial charge in [0.25, 0.3) is 0 Å². The third kappa shape index (κ3) is 3.94. The molecule has 8 rings (SSSR count). The Morgan fingerprint density at radius 1 is 0.919 bits per heavy atom. The van der Waals surface area contributed by atoms with Crippen molar-refractivity contribution in [3.05, 3.63) is 72.7 Å². The molecule has 0 atom stereocenters. The van der Waals surface area contributed by atoms with E-state index in [0.29, 0.717) is 11.6 Å². The average molecular weight is 493 g/mol. The highest BCUT2D eigenvalue weighted by atomic mass is 16.5. The predicted octanol–water partition coefficient (Wildman–Crippen LogP) is 5.24. The number of hydrogen-bond acceptors (Lipinski definition) is 7. The summed E-state index contributed by atoms with van der Waals surface area (Å²) in [5, 5.41) is 0.791. The number of rotatable bonds is 5. The third-order valence-electron chi connectivity index (χ3n) is 7.72. The Bertz CT molecular complexity index is 1620. The van der Waals surface area contributed by atoms with Crippen LogP contribution in [0.4, 0.5) is 5.82 Å². The summed E-state index contributed by atoms with van der Waals surface area (Å²) in [6.45, 7) is 5.30. The van der Waals surface area contributed by atoms with Gasteiger partial charge in [-0.1, -0.05) is 6.07 Å². The lowest BCUT2D eigenvalue weighted by molar-refractivity contribution is -0.0502. The standard InChI is InChI=1S/C29H28N6O2/c1-19-17-20(5-6-23(19)36-21-7-12-35-16-11-31-25(35)18-21)28-32-22-3-2-4-24(26(22)27(30)33-28)37-29-8-13-34(14-9-29)15-10-29/h2-7,11-12,16-18H,8-10,13-15H2,1H3,(H2,30,32,33). The number of nitrogens with two attached hydrogens (primary N) is 1. The van der Waals surface area contributed by atoms with Crippen LogP contribution in [0.3, 0.4) is 0 Å². The number of imidazole rings is 1. The molecule has 0 unspecified atom stereocenters. The second kappa shape index (κ2) is 8.45. The van der Waals surface area contributed by atoms with Gasteiger partial charge in [0.05, 0.1) is 10.9 Å². The summed E-state index contributed by atoms with van der Waals surface area (Å²) in [5.41, 5.74) is 9.90. The molecule has 37 heavy (non-hydrogen) atoms. The summed E-state index contributed by atoms with van der Waals surface area (Å²) in [7, 11) is 0. The molecule has 2 aromatic carbocycles. The Balaban J connectivity index is 1.18. The lowest BCUT2D eigenvalue weighted by Crippen LogP contribution is -2.55. The summed E-state index contributed by atoms with van der Waals surface area (Å²) < 4.78 is 14.8. The van der Waals surface area contributed by atoms with E-state index in [1.54, 1.807) is 6.20 Å². The predicted molar refractivity (Wildman–Crippen MR) is 143 cm³/mol. The summed E-state index contributed by atoms with van der Waals surface area (Å²) in [4.78, 5) is 16.4. The van der Waals surface area contributed by atoms with Crippen molar-refractivity contribution in [2.75, 3.05) is 25.4 Å². The van der Waals surface area contributed by atoms with Crippen molar-refractivity contribution in [3.8, 4) is 28.6 Å². The molecule has 3 aliphatic heterocycles. The van der Waals surface area contributed by atoms with Crippen LogP contribution in [-0.2, 0) is 0 Å². The number of nitrogens with zero attached hydrogens (tertiary/aromatic N) is 5. The molecule has 6 heterocycles. The van der Waals surface area contributed by atoms with E-state index in [0.717, 1.165) is 83.8 Å². The van der Waals surface area contributed by atoms with Crippen LogP contribution >= 0.6 is 0 Å². The average Bonchev–Trinajstić information content (AvgIpc) is 3.39. The first-order valence-corrected chi connectivity index (χ1v) is 12.7. The largest absolute Gasteiger partial charge is 0.486 e. The van der Waals surface area contributed by atoms with Crippen LogP contribution in [0.1, 0.15) is 24.8 Å². The first kappa shape index (κ1) is 22.1. The molecule has 0 aliphatic carbocycles. The molecule has 0 spiro atoms. The normalized spacial score (nSPS) is 20.9. The fraction of sp³-hybridized carbons (Fsp3) is 0.276. The van der Waals surface area contributed by atoms with E-state index in [9.17, 15) is 0 Å². The van der Waals surface area contributed by atoms with E-state index in [1.807, 2.05) is 72.2 Å². The van der Waals surface area contributed by atoms with Gasteiger partial charge in [-0.2, -0.15) is 0 Å². The number of fused-ring (bicyclic) bond motifs is 5. The Kier molecular flexibility index (Phi) is 5.04. The molecule has 3 fully saturated rings. The molecule has 186 valence electrons. The number of hydrogen-bond donors (Lipinski definition) is 1. The summed E-state index contributed by atoms with van der Waals surface area (Å²) >= 11 is 0. The number of pyridine rings is 1. The maximum Gasteiger partial charge on any atom is 0.162 e. The zero-order chi connectivity index (χ0) is 25.0. The van der Waals surface area contributed by atoms with E-state index in [-0.39, 0.29) is 5.60 Å². The van der Waals surface area contributed by atoms with Gasteiger partial charge in [-0.05, 0) is 68.1 Å². The lowest BCUT2D eigenvalue weighted by Gasteiger charge is -2.48. The number of piperidine rings is 3. The Hall–Kier alpha value is -4.17. The minimum Gasteiger partial charge on any atom is -0.486 e. The third-order valence-corrected chi connectivity index (χ3v) is 7.72. The minimum absolute atomic E-state index is 0.108. The zero-order valence-electron chi connectivity index (χ0n) is 20.7. The van der Waals surface area contributed by atoms with E-state index >= 15 is 0 Å². The second-order valence-corrected chi connectivity index (χ2v) is 10.1. The number of benzene rings is 2. The van der Waals surface area contributed by atoms with Crippen molar-refractivity contribution >= 4 is 22.4 Å². The van der Waals surface area contributed by atoms with Crippen LogP contribution in [0.25, 0.3) is 27.9 Å². The van der Waals surface area contributed by atoms with Gasteiger partial charge in [0.2, 0.25) is 0 Å². The second-order valence-electron chi connectivity index (χ2n) is 10.1. The van der Waals surface area contributed by atoms with Crippen LogP contribution in [0.15, 0.2) is 67.1 Å². The highest BCUT2D eigenvalue weighted by Crippen LogP contribution is 2.40. The van der Waals surface area contributed by atoms with E-state index in [1.165, 1.54) is 0 Å². The van der Waals surface area contributed by atoms with Gasteiger partial charge < -0.3 is 24.5 Å². The molecular weight excluding hydrogens is 464 g/mol. The summed E-state index contributed by atoms with van der Waals surface area (Å²) in [6, 6.07) is 15.7. The van der Waals surface area contributed by atoms with Gasteiger partial charge in [-0.25, -0.2) is 15.0 Å². The van der Waals surface area contributed by atoms with Crippen LogP contribution < -0.4 is 15.2 Å². The van der Waals surface area contributed by atoms with Crippen molar-refractivity contribution in [2.24, 2.45) is 0 Å². The SMILES string of the molecule is Cc1cc(-c2nc(N)c3c(OC45CCN(CC4)CC5)cccc3n2)ccc1Oc1ccn2ccnc2c1. The van der Waals surface area contributed by atoms with E-state index in [4.69, 9.17) is 25.2 Å². The van der Waals surface area contributed by atoms with Gasteiger partial charge in [0, 0.05) is 49.9 Å². The molecule has 8 nitrogen and oxygen atoms in total. The first-order valence-electron chi connectivity index (χ1n) is 12.7. The molecule has 2 N–H and O–H groups in total. The van der Waals surface area contributed by atoms with Crippen LogP contribution in [0.5, 0.6) is 17.2 Å². The monoisotopic (exact) mass is 492 g/mol. The van der Waals surface area contributed by atoms with E-state index < -0.39 is 0 Å². The highest BCUT2D eigenvalue weighted by molar-refractivity contribution is 5.95. The van der Waals surface area contributed by atoms with E-state index in [2.05, 4.69) is 9.88 Å². The minimum atomic E-state index is -0.108. The molecule has 2 bridgehead atoms. The van der Waals surface area contributed by atoms with Crippen molar-refractivity contribution in [1.82, 2.24) is 24.3 Å². The molecule has 8 heteroatoms. The van der Waals surface area contributed by atoms with Crippen molar-refractivity contribution in [2.45, 2.75) is 31.8 Å². The number of anilines is 1. The molecule has 3 saturated heterocycles. The lowest BCUT2D eigenvalue weighted by atomic mass is 9.83. The zero-order valence-corrected chi connectivity index (χ0v) is 20.7. The van der Waals surface area contributed by atoms with Crippen LogP contribution in [0.2, 0.25) is 0 Å². The molecule has 0 saturated carbocycles. The number of nitrogen functional groups attached to an aromatic ring is 1. The maximum absolute atomic E-state index is 6.67. The van der Waals surface area contributed by atoms with Crippen LogP contribution in [0, 0.1) is 6.92 Å². The summed E-state index contributed by atoms with van der Waals surface area (Å²) in [5.74, 6) is 3.30. The van der Waals surface area contributed by atoms with Gasteiger partial charge in [0.15, 0.2) is 5.82 Å². The first-order chi connectivity index (χ1) is 18.1. The number of ether oxygens (including phenoxy) is 2. The van der Waals surface area contributed by atoms with Crippen molar-refractivity contribution < 1.29 is 9.47 Å². The topological polar surface area (TPSA) is 90.8 Å². The maximum atomic E-state index is 6.67. The molecule has 0 radical (unpaired) electrons. The van der Waals surface area contributed by atoms with Gasteiger partial charge >= 0.3 is 0 Å².